The fourth-order valence-corrected chi connectivity index (χ4v) is 4.31. The summed E-state index contributed by atoms with van der Waals surface area (Å²) in [6.07, 6.45) is 0. The Hall–Kier alpha value is -1.36. The van der Waals surface area contributed by atoms with Gasteiger partial charge in [0.2, 0.25) is 0 Å². The van der Waals surface area contributed by atoms with Gasteiger partial charge in [-0.3, -0.25) is 4.99 Å². The molecule has 2 aromatic carbocycles. The summed E-state index contributed by atoms with van der Waals surface area (Å²) in [6.45, 7) is 6.07. The highest BCUT2D eigenvalue weighted by Crippen LogP contribution is 2.35. The quantitative estimate of drug-likeness (QED) is 0.684. The topological polar surface area (TPSA) is 18.8 Å². The molecule has 25 heavy (non-hydrogen) atoms. The molecular weight excluding hydrogens is 398 g/mol. The number of hydrogen-bond acceptors (Lipinski definition) is 3. The maximum atomic E-state index is 6.51. The second-order valence-corrected chi connectivity index (χ2v) is 8.16. The van der Waals surface area contributed by atoms with Crippen LogP contribution in [0.25, 0.3) is 0 Å². The van der Waals surface area contributed by atoms with Crippen LogP contribution in [0.15, 0.2) is 45.9 Å². The molecule has 0 N–H and O–H groups in total. The van der Waals surface area contributed by atoms with Gasteiger partial charge in [-0.15, -0.1) is 0 Å². The minimum atomic E-state index is 0.401. The third-order valence-electron chi connectivity index (χ3n) is 5.12. The summed E-state index contributed by atoms with van der Waals surface area (Å²) in [5, 5.41) is 0.751. The van der Waals surface area contributed by atoms with E-state index in [1.165, 1.54) is 11.3 Å². The predicted molar refractivity (Wildman–Crippen MR) is 109 cm³/mol. The fourth-order valence-electron chi connectivity index (χ4n) is 3.74. The summed E-state index contributed by atoms with van der Waals surface area (Å²) in [5.41, 5.74) is 5.69. The van der Waals surface area contributed by atoms with Crippen LogP contribution in [0.3, 0.4) is 0 Å². The van der Waals surface area contributed by atoms with Crippen molar-refractivity contribution in [2.75, 3.05) is 38.1 Å². The van der Waals surface area contributed by atoms with Crippen molar-refractivity contribution in [1.82, 2.24) is 4.90 Å². The van der Waals surface area contributed by atoms with Crippen molar-refractivity contribution >= 4 is 38.9 Å². The molecule has 3 nitrogen and oxygen atoms in total. The Morgan fingerprint density at radius 2 is 1.96 bits per heavy atom. The van der Waals surface area contributed by atoms with E-state index in [4.69, 9.17) is 16.6 Å². The second kappa shape index (κ2) is 6.75. The summed E-state index contributed by atoms with van der Waals surface area (Å²) in [7, 11) is 2.19. The second-order valence-electron chi connectivity index (χ2n) is 6.90. The number of aryl methyl sites for hydroxylation is 1. The molecule has 0 spiro atoms. The average Bonchev–Trinajstić information content (AvgIpc) is 2.73. The first-order chi connectivity index (χ1) is 12.0. The van der Waals surface area contributed by atoms with Gasteiger partial charge in [0.25, 0.3) is 0 Å². The number of fused-ring (bicyclic) bond motifs is 3. The predicted octanol–water partition coefficient (Wildman–Crippen LogP) is 4.38. The summed E-state index contributed by atoms with van der Waals surface area (Å²) in [4.78, 5) is 9.95. The van der Waals surface area contributed by atoms with Gasteiger partial charge in [-0.05, 0) is 37.7 Å². The maximum absolute atomic E-state index is 6.51. The molecule has 0 saturated carbocycles. The highest BCUT2D eigenvalue weighted by molar-refractivity contribution is 9.10. The summed E-state index contributed by atoms with van der Waals surface area (Å²) < 4.78 is 1.11. The smallest absolute Gasteiger partial charge is 0.0756 e. The van der Waals surface area contributed by atoms with Crippen LogP contribution in [0.2, 0.25) is 5.02 Å². The van der Waals surface area contributed by atoms with E-state index in [-0.39, 0.29) is 0 Å². The molecule has 5 heteroatoms. The van der Waals surface area contributed by atoms with E-state index in [1.54, 1.807) is 0 Å². The molecular formula is C20H21BrClN3. The third-order valence-corrected chi connectivity index (χ3v) is 6.30. The van der Waals surface area contributed by atoms with Crippen LogP contribution < -0.4 is 4.90 Å². The molecule has 4 rings (SSSR count). The van der Waals surface area contributed by atoms with Gasteiger partial charge in [0.05, 0.1) is 18.3 Å². The molecule has 1 fully saturated rings. The van der Waals surface area contributed by atoms with Gasteiger partial charge in [-0.2, -0.15) is 0 Å². The SMILES string of the molecule is Cc1cc2c(cc1Br)C(c1ccccc1Cl)=NCC1CN(C)CCN21. The normalized spacial score (nSPS) is 20.6. The van der Waals surface area contributed by atoms with Crippen molar-refractivity contribution in [3.05, 3.63) is 62.6 Å². The van der Waals surface area contributed by atoms with Gasteiger partial charge in [-0.1, -0.05) is 45.7 Å². The van der Waals surface area contributed by atoms with Gasteiger partial charge >= 0.3 is 0 Å². The molecule has 0 amide bonds. The lowest BCUT2D eigenvalue weighted by Gasteiger charge is -2.40. The summed E-state index contributed by atoms with van der Waals surface area (Å²) in [5.74, 6) is 0. The van der Waals surface area contributed by atoms with Crippen molar-refractivity contribution in [3.8, 4) is 0 Å². The first-order valence-electron chi connectivity index (χ1n) is 8.59. The zero-order valence-electron chi connectivity index (χ0n) is 14.5. The lowest BCUT2D eigenvalue weighted by atomic mass is 9.98. The van der Waals surface area contributed by atoms with Crippen LogP contribution in [-0.2, 0) is 0 Å². The number of aliphatic imine (C=N–C) groups is 1. The van der Waals surface area contributed by atoms with Crippen LogP contribution in [-0.4, -0.2) is 49.9 Å². The van der Waals surface area contributed by atoms with E-state index in [0.29, 0.717) is 6.04 Å². The van der Waals surface area contributed by atoms with E-state index in [2.05, 4.69) is 57.9 Å². The molecule has 0 radical (unpaired) electrons. The zero-order chi connectivity index (χ0) is 17.6. The third kappa shape index (κ3) is 3.12. The van der Waals surface area contributed by atoms with E-state index in [1.807, 2.05) is 18.2 Å². The van der Waals surface area contributed by atoms with Gasteiger partial charge < -0.3 is 9.80 Å². The first-order valence-corrected chi connectivity index (χ1v) is 9.77. The van der Waals surface area contributed by atoms with Gasteiger partial charge in [-0.25, -0.2) is 0 Å². The van der Waals surface area contributed by atoms with E-state index < -0.39 is 0 Å². The minimum absolute atomic E-state index is 0.401. The van der Waals surface area contributed by atoms with Crippen LogP contribution in [0.5, 0.6) is 0 Å². The monoisotopic (exact) mass is 417 g/mol. The molecule has 1 atom stereocenters. The van der Waals surface area contributed by atoms with Crippen molar-refractivity contribution in [2.45, 2.75) is 13.0 Å². The van der Waals surface area contributed by atoms with Crippen molar-refractivity contribution < 1.29 is 0 Å². The maximum Gasteiger partial charge on any atom is 0.0756 e. The number of piperazine rings is 1. The Kier molecular flexibility index (Phi) is 4.61. The molecule has 1 unspecified atom stereocenters. The minimum Gasteiger partial charge on any atom is -0.364 e. The van der Waals surface area contributed by atoms with Crippen LogP contribution >= 0.6 is 27.5 Å². The number of likely N-dealkylation sites (N-methyl/N-ethyl adjacent to an activating group) is 1. The molecule has 0 aliphatic carbocycles. The fraction of sp³-hybridized carbons (Fsp3) is 0.350. The van der Waals surface area contributed by atoms with Gasteiger partial charge in [0.1, 0.15) is 0 Å². The van der Waals surface area contributed by atoms with Crippen molar-refractivity contribution in [2.24, 2.45) is 4.99 Å². The number of benzene rings is 2. The highest BCUT2D eigenvalue weighted by Gasteiger charge is 2.31. The van der Waals surface area contributed by atoms with Crippen LogP contribution in [0.1, 0.15) is 16.7 Å². The van der Waals surface area contributed by atoms with Crippen LogP contribution in [0, 0.1) is 6.92 Å². The average molecular weight is 419 g/mol. The molecule has 2 aromatic rings. The number of halogens is 2. The Bertz CT molecular complexity index is 849. The highest BCUT2D eigenvalue weighted by atomic mass is 79.9. The Balaban J connectivity index is 1.91. The van der Waals surface area contributed by atoms with E-state index in [9.17, 15) is 0 Å². The van der Waals surface area contributed by atoms with Crippen molar-refractivity contribution in [1.29, 1.82) is 0 Å². The summed E-state index contributed by atoms with van der Waals surface area (Å²) in [6, 6.07) is 12.9. The number of hydrogen-bond donors (Lipinski definition) is 0. The van der Waals surface area contributed by atoms with E-state index in [0.717, 1.165) is 52.5 Å². The Morgan fingerprint density at radius 3 is 2.76 bits per heavy atom. The molecule has 0 bridgehead atoms. The van der Waals surface area contributed by atoms with Gasteiger partial charge in [0, 0.05) is 45.9 Å². The number of rotatable bonds is 1. The Labute approximate surface area is 162 Å². The van der Waals surface area contributed by atoms with Crippen LogP contribution in [0.4, 0.5) is 5.69 Å². The molecule has 2 aliphatic heterocycles. The van der Waals surface area contributed by atoms with E-state index >= 15 is 0 Å². The number of anilines is 1. The lowest BCUT2D eigenvalue weighted by molar-refractivity contribution is 0.270. The lowest BCUT2D eigenvalue weighted by Crippen LogP contribution is -2.53. The molecule has 2 aliphatic rings. The number of nitrogens with zero attached hydrogens (tertiary/aromatic N) is 3. The van der Waals surface area contributed by atoms with Gasteiger partial charge in [0.15, 0.2) is 0 Å². The largest absolute Gasteiger partial charge is 0.364 e. The standard InChI is InChI=1S/C20H21BrClN3/c1-13-9-19-16(10-17(13)21)20(15-5-3-4-6-18(15)22)23-11-14-12-24(2)7-8-25(14)19/h3-6,9-10,14H,7-8,11-12H2,1-2H3. The van der Waals surface area contributed by atoms with Crippen molar-refractivity contribution in [3.63, 3.8) is 0 Å². The summed E-state index contributed by atoms with van der Waals surface area (Å²) >= 11 is 10.2. The zero-order valence-corrected chi connectivity index (χ0v) is 16.8. The first kappa shape index (κ1) is 17.1. The molecule has 2 heterocycles. The Morgan fingerprint density at radius 1 is 1.16 bits per heavy atom. The molecule has 1 saturated heterocycles. The molecule has 130 valence electrons. The molecule has 0 aromatic heterocycles.